The average Bonchev–Trinajstić information content (AvgIpc) is 3.43. The quantitative estimate of drug-likeness (QED) is 0.328. The molecule has 4 rings (SSSR count). The molecule has 30 heavy (non-hydrogen) atoms. The zero-order valence-corrected chi connectivity index (χ0v) is 17.7. The normalized spacial score (nSPS) is 13.7. The minimum Gasteiger partial charge on any atom is -0.494 e. The number of aromatic nitrogens is 3. The molecule has 2 aromatic carbocycles. The van der Waals surface area contributed by atoms with Crippen LogP contribution in [0.3, 0.4) is 0 Å². The van der Waals surface area contributed by atoms with Crippen LogP contribution in [0, 0.1) is 12.3 Å². The van der Waals surface area contributed by atoms with Crippen molar-refractivity contribution in [2.75, 3.05) is 12.4 Å². The summed E-state index contributed by atoms with van der Waals surface area (Å²) in [5.41, 5.74) is 1.72. The van der Waals surface area contributed by atoms with E-state index in [1.54, 1.807) is 11.8 Å². The van der Waals surface area contributed by atoms with Gasteiger partial charge in [-0.05, 0) is 31.2 Å². The van der Waals surface area contributed by atoms with Crippen molar-refractivity contribution in [3.63, 3.8) is 0 Å². The SMILES string of the molecule is C#CCCC1(CCSc2nnc(-c3ccccc3)n2-c2ccc(OCC)cc2)N=N1. The maximum Gasteiger partial charge on any atom is 0.196 e. The lowest BCUT2D eigenvalue weighted by Crippen LogP contribution is -2.11. The van der Waals surface area contributed by atoms with E-state index < -0.39 is 0 Å². The van der Waals surface area contributed by atoms with E-state index in [9.17, 15) is 0 Å². The zero-order chi connectivity index (χ0) is 20.8. The van der Waals surface area contributed by atoms with Crippen LogP contribution in [-0.4, -0.2) is 32.8 Å². The number of nitrogens with zero attached hydrogens (tertiary/aromatic N) is 5. The van der Waals surface area contributed by atoms with Gasteiger partial charge < -0.3 is 4.74 Å². The molecule has 0 fully saturated rings. The molecule has 0 saturated carbocycles. The lowest BCUT2D eigenvalue weighted by atomic mass is 10.1. The predicted molar refractivity (Wildman–Crippen MR) is 119 cm³/mol. The maximum atomic E-state index is 5.58. The summed E-state index contributed by atoms with van der Waals surface area (Å²) in [7, 11) is 0. The fourth-order valence-corrected chi connectivity index (χ4v) is 4.23. The lowest BCUT2D eigenvalue weighted by Gasteiger charge is -2.12. The Hall–Kier alpha value is -3.11. The first-order valence-corrected chi connectivity index (χ1v) is 11.0. The molecular weight excluding hydrogens is 394 g/mol. The highest BCUT2D eigenvalue weighted by molar-refractivity contribution is 7.99. The molecule has 0 atom stereocenters. The summed E-state index contributed by atoms with van der Waals surface area (Å²) in [4.78, 5) is 0. The summed E-state index contributed by atoms with van der Waals surface area (Å²) in [5, 5.41) is 18.3. The van der Waals surface area contributed by atoms with Crippen molar-refractivity contribution < 1.29 is 4.74 Å². The van der Waals surface area contributed by atoms with E-state index in [0.29, 0.717) is 13.0 Å². The summed E-state index contributed by atoms with van der Waals surface area (Å²) in [5.74, 6) is 5.16. The summed E-state index contributed by atoms with van der Waals surface area (Å²) in [6.45, 7) is 2.62. The van der Waals surface area contributed by atoms with E-state index in [0.717, 1.165) is 46.6 Å². The van der Waals surface area contributed by atoms with Crippen molar-refractivity contribution in [3.8, 4) is 35.2 Å². The third kappa shape index (κ3) is 4.55. The van der Waals surface area contributed by atoms with Gasteiger partial charge in [0.15, 0.2) is 16.6 Å². The number of hydrogen-bond donors (Lipinski definition) is 0. The van der Waals surface area contributed by atoms with Crippen LogP contribution in [0.15, 0.2) is 70.0 Å². The van der Waals surface area contributed by atoms with Gasteiger partial charge in [0.05, 0.1) is 6.61 Å². The molecule has 0 bridgehead atoms. The molecule has 7 heteroatoms. The first-order chi connectivity index (χ1) is 14.7. The van der Waals surface area contributed by atoms with Gasteiger partial charge in [0.25, 0.3) is 0 Å². The molecule has 3 aromatic rings. The van der Waals surface area contributed by atoms with Crippen molar-refractivity contribution in [2.24, 2.45) is 10.2 Å². The summed E-state index contributed by atoms with van der Waals surface area (Å²) in [6.07, 6.45) is 7.73. The highest BCUT2D eigenvalue weighted by Crippen LogP contribution is 2.38. The molecule has 1 aliphatic heterocycles. The van der Waals surface area contributed by atoms with E-state index in [-0.39, 0.29) is 5.66 Å². The smallest absolute Gasteiger partial charge is 0.196 e. The van der Waals surface area contributed by atoms with Gasteiger partial charge in [0.1, 0.15) is 5.75 Å². The van der Waals surface area contributed by atoms with Crippen molar-refractivity contribution in [1.82, 2.24) is 14.8 Å². The Labute approximate surface area is 180 Å². The van der Waals surface area contributed by atoms with E-state index in [4.69, 9.17) is 11.2 Å². The predicted octanol–water partition coefficient (Wildman–Crippen LogP) is 5.39. The first-order valence-electron chi connectivity index (χ1n) is 9.99. The molecule has 0 saturated heterocycles. The van der Waals surface area contributed by atoms with Crippen molar-refractivity contribution in [2.45, 2.75) is 37.0 Å². The van der Waals surface area contributed by atoms with Crippen molar-refractivity contribution >= 4 is 11.8 Å². The fraction of sp³-hybridized carbons (Fsp3) is 0.304. The number of thioether (sulfide) groups is 1. The molecule has 2 heterocycles. The van der Waals surface area contributed by atoms with Crippen LogP contribution in [0.25, 0.3) is 17.1 Å². The van der Waals surface area contributed by atoms with Gasteiger partial charge in [-0.1, -0.05) is 42.1 Å². The number of terminal acetylenes is 1. The molecule has 0 spiro atoms. The average molecular weight is 418 g/mol. The molecule has 0 amide bonds. The van der Waals surface area contributed by atoms with Gasteiger partial charge in [0.2, 0.25) is 0 Å². The van der Waals surface area contributed by atoms with Gasteiger partial charge in [0, 0.05) is 36.3 Å². The Balaban J connectivity index is 1.57. The van der Waals surface area contributed by atoms with E-state index in [2.05, 4.69) is 30.9 Å². The van der Waals surface area contributed by atoms with Crippen LogP contribution < -0.4 is 4.74 Å². The highest BCUT2D eigenvalue weighted by Gasteiger charge is 2.38. The second-order valence-corrected chi connectivity index (χ2v) is 7.98. The molecule has 1 aliphatic rings. The molecular formula is C23H23N5OS. The molecule has 152 valence electrons. The second-order valence-electron chi connectivity index (χ2n) is 6.92. The van der Waals surface area contributed by atoms with Crippen LogP contribution in [0.2, 0.25) is 0 Å². The summed E-state index contributed by atoms with van der Waals surface area (Å²) in [6, 6.07) is 18.1. The largest absolute Gasteiger partial charge is 0.494 e. The first kappa shape index (κ1) is 20.2. The van der Waals surface area contributed by atoms with Gasteiger partial charge in [-0.2, -0.15) is 10.2 Å². The van der Waals surface area contributed by atoms with Crippen LogP contribution >= 0.6 is 11.8 Å². The Bertz CT molecular complexity index is 1050. The minimum absolute atomic E-state index is 0.286. The van der Waals surface area contributed by atoms with Gasteiger partial charge in [-0.15, -0.1) is 22.5 Å². The molecule has 0 unspecified atom stereocenters. The fourth-order valence-electron chi connectivity index (χ4n) is 3.20. The van der Waals surface area contributed by atoms with Crippen LogP contribution in [-0.2, 0) is 0 Å². The van der Waals surface area contributed by atoms with Crippen molar-refractivity contribution in [1.29, 1.82) is 0 Å². The number of benzene rings is 2. The third-order valence-corrected chi connectivity index (χ3v) is 5.79. The second kappa shape index (κ2) is 9.14. The standard InChI is InChI=1S/C23H23N5OS/c1-3-5-15-23(26-27-23)16-17-30-22-25-24-21(18-9-7-6-8-10-18)28(22)19-11-13-20(14-12-19)29-4-2/h1,6-14H,4-5,15-17H2,2H3. The van der Waals surface area contributed by atoms with E-state index in [1.807, 2.05) is 61.5 Å². The van der Waals surface area contributed by atoms with E-state index in [1.165, 1.54) is 0 Å². The summed E-state index contributed by atoms with van der Waals surface area (Å²) < 4.78 is 7.67. The third-order valence-electron chi connectivity index (χ3n) is 4.86. The van der Waals surface area contributed by atoms with Gasteiger partial charge in [-0.3, -0.25) is 4.57 Å². The molecule has 6 nitrogen and oxygen atoms in total. The highest BCUT2D eigenvalue weighted by atomic mass is 32.2. The number of rotatable bonds is 10. The molecule has 1 aromatic heterocycles. The maximum absolute atomic E-state index is 5.58. The number of ether oxygens (including phenoxy) is 1. The Morgan fingerprint density at radius 3 is 2.47 bits per heavy atom. The van der Waals surface area contributed by atoms with Gasteiger partial charge in [-0.25, -0.2) is 0 Å². The Kier molecular flexibility index (Phi) is 6.15. The number of hydrogen-bond acceptors (Lipinski definition) is 6. The lowest BCUT2D eigenvalue weighted by molar-refractivity contribution is 0.340. The Morgan fingerprint density at radius 1 is 1.03 bits per heavy atom. The topological polar surface area (TPSA) is 64.7 Å². The van der Waals surface area contributed by atoms with Crippen LogP contribution in [0.1, 0.15) is 26.2 Å². The van der Waals surface area contributed by atoms with Gasteiger partial charge >= 0.3 is 0 Å². The minimum atomic E-state index is -0.286. The molecule has 0 N–H and O–H groups in total. The van der Waals surface area contributed by atoms with Crippen LogP contribution in [0.5, 0.6) is 5.75 Å². The van der Waals surface area contributed by atoms with E-state index >= 15 is 0 Å². The summed E-state index contributed by atoms with van der Waals surface area (Å²) >= 11 is 1.66. The van der Waals surface area contributed by atoms with Crippen LogP contribution in [0.4, 0.5) is 0 Å². The van der Waals surface area contributed by atoms with Crippen molar-refractivity contribution in [3.05, 3.63) is 54.6 Å². The Morgan fingerprint density at radius 2 is 1.80 bits per heavy atom. The monoisotopic (exact) mass is 417 g/mol. The molecule has 0 radical (unpaired) electrons. The molecule has 0 aliphatic carbocycles. The zero-order valence-electron chi connectivity index (χ0n) is 16.9.